The summed E-state index contributed by atoms with van der Waals surface area (Å²) in [6.45, 7) is 4.00. The van der Waals surface area contributed by atoms with Gasteiger partial charge in [-0.3, -0.25) is 0 Å². The number of aromatic nitrogens is 3. The fourth-order valence-electron chi connectivity index (χ4n) is 2.76. The van der Waals surface area contributed by atoms with E-state index in [2.05, 4.69) is 15.0 Å². The molecule has 0 saturated heterocycles. The third-order valence-electron chi connectivity index (χ3n) is 4.18. The molecule has 0 fully saturated rings. The Morgan fingerprint density at radius 1 is 0.581 bits per heavy atom. The first-order valence-electron chi connectivity index (χ1n) is 9.47. The highest BCUT2D eigenvalue weighted by molar-refractivity contribution is 5.72. The van der Waals surface area contributed by atoms with Crippen molar-refractivity contribution in [3.05, 3.63) is 66.5 Å². The summed E-state index contributed by atoms with van der Waals surface area (Å²) < 4.78 is 13.3. The van der Waals surface area contributed by atoms with E-state index in [9.17, 15) is 24.8 Å². The van der Waals surface area contributed by atoms with E-state index in [0.717, 1.165) is 12.1 Å². The molecule has 4 rings (SSSR count). The molecule has 1 aromatic heterocycles. The maximum Gasteiger partial charge on any atom is 0.167 e. The zero-order valence-corrected chi connectivity index (χ0v) is 16.8. The van der Waals surface area contributed by atoms with Gasteiger partial charge in [-0.25, -0.2) is 19.3 Å². The molecule has 1 heterocycles. The van der Waals surface area contributed by atoms with Gasteiger partial charge in [0.05, 0.1) is 11.1 Å². The van der Waals surface area contributed by atoms with E-state index in [-0.39, 0.29) is 51.6 Å². The van der Waals surface area contributed by atoms with Crippen molar-refractivity contribution < 1.29 is 24.8 Å². The molecule has 3 aromatic carbocycles. The molecule has 0 amide bonds. The normalized spacial score (nSPS) is 10.3. The lowest BCUT2D eigenvalue weighted by atomic mass is 10.1. The lowest BCUT2D eigenvalue weighted by Crippen LogP contribution is -2.00. The van der Waals surface area contributed by atoms with Crippen molar-refractivity contribution >= 4 is 0 Å². The predicted molar refractivity (Wildman–Crippen MR) is 114 cm³/mol. The van der Waals surface area contributed by atoms with E-state index in [1.165, 1.54) is 48.5 Å². The number of aromatic hydroxyl groups is 4. The Balaban J connectivity index is 0.00000132. The van der Waals surface area contributed by atoms with Crippen LogP contribution in [-0.2, 0) is 0 Å². The van der Waals surface area contributed by atoms with Crippen LogP contribution in [0.1, 0.15) is 13.8 Å². The highest BCUT2D eigenvalue weighted by Gasteiger charge is 2.17. The van der Waals surface area contributed by atoms with Gasteiger partial charge in [-0.15, -0.1) is 0 Å². The molecule has 0 aliphatic heterocycles. The van der Waals surface area contributed by atoms with Crippen LogP contribution >= 0.6 is 0 Å². The summed E-state index contributed by atoms with van der Waals surface area (Å²) in [6, 6.07) is 13.4. The van der Waals surface area contributed by atoms with Crippen LogP contribution < -0.4 is 0 Å². The number of phenols is 4. The van der Waals surface area contributed by atoms with Gasteiger partial charge < -0.3 is 20.4 Å². The number of rotatable bonds is 3. The first-order valence-corrected chi connectivity index (χ1v) is 9.47. The van der Waals surface area contributed by atoms with E-state index in [0.29, 0.717) is 5.56 Å². The molecular formula is C23H20FN3O4. The summed E-state index contributed by atoms with van der Waals surface area (Å²) >= 11 is 0. The molecule has 158 valence electrons. The summed E-state index contributed by atoms with van der Waals surface area (Å²) in [6.07, 6.45) is 0. The van der Waals surface area contributed by atoms with Crippen LogP contribution in [0.3, 0.4) is 0 Å². The van der Waals surface area contributed by atoms with E-state index in [1.807, 2.05) is 13.8 Å². The van der Waals surface area contributed by atoms with Gasteiger partial charge in [0.15, 0.2) is 17.5 Å². The van der Waals surface area contributed by atoms with Crippen LogP contribution in [0.5, 0.6) is 23.0 Å². The second-order valence-corrected chi connectivity index (χ2v) is 6.22. The first kappa shape index (κ1) is 21.5. The smallest absolute Gasteiger partial charge is 0.167 e. The number of hydrogen-bond donors (Lipinski definition) is 4. The van der Waals surface area contributed by atoms with Crippen molar-refractivity contribution in [2.45, 2.75) is 13.8 Å². The van der Waals surface area contributed by atoms with E-state index >= 15 is 0 Å². The molecule has 0 atom stereocenters. The highest BCUT2D eigenvalue weighted by atomic mass is 19.1. The van der Waals surface area contributed by atoms with Crippen LogP contribution in [0, 0.1) is 5.82 Å². The molecule has 0 aliphatic rings. The second-order valence-electron chi connectivity index (χ2n) is 6.22. The Labute approximate surface area is 177 Å². The number of nitrogens with zero attached hydrogens (tertiary/aromatic N) is 3. The van der Waals surface area contributed by atoms with Gasteiger partial charge in [0.1, 0.15) is 28.8 Å². The van der Waals surface area contributed by atoms with Gasteiger partial charge in [0.2, 0.25) is 0 Å². The van der Waals surface area contributed by atoms with Crippen LogP contribution in [0.15, 0.2) is 60.7 Å². The fraction of sp³-hybridized carbons (Fsp3) is 0.0870. The molecule has 31 heavy (non-hydrogen) atoms. The quantitative estimate of drug-likeness (QED) is 0.373. The van der Waals surface area contributed by atoms with Crippen LogP contribution in [0.4, 0.5) is 4.39 Å². The molecule has 0 unspecified atom stereocenters. The maximum absolute atomic E-state index is 13.3. The largest absolute Gasteiger partial charge is 0.508 e. The number of benzene rings is 3. The van der Waals surface area contributed by atoms with Gasteiger partial charge in [-0.2, -0.15) is 0 Å². The topological polar surface area (TPSA) is 120 Å². The van der Waals surface area contributed by atoms with Crippen molar-refractivity contribution in [3.8, 4) is 57.2 Å². The zero-order chi connectivity index (χ0) is 22.5. The number of halogens is 1. The van der Waals surface area contributed by atoms with E-state index < -0.39 is 5.82 Å². The molecule has 0 bridgehead atoms. The molecule has 0 spiro atoms. The van der Waals surface area contributed by atoms with Crippen molar-refractivity contribution in [2.75, 3.05) is 0 Å². The van der Waals surface area contributed by atoms with Crippen LogP contribution in [0.2, 0.25) is 0 Å². The lowest BCUT2D eigenvalue weighted by Gasteiger charge is -2.10. The van der Waals surface area contributed by atoms with E-state index in [4.69, 9.17) is 0 Å². The third-order valence-corrected chi connectivity index (χ3v) is 4.18. The molecule has 8 heteroatoms. The summed E-state index contributed by atoms with van der Waals surface area (Å²) in [5, 5.41) is 39.5. The van der Waals surface area contributed by atoms with Gasteiger partial charge in [-0.05, 0) is 48.5 Å². The van der Waals surface area contributed by atoms with Crippen LogP contribution in [0.25, 0.3) is 34.2 Å². The molecular weight excluding hydrogens is 401 g/mol. The average molecular weight is 421 g/mol. The summed E-state index contributed by atoms with van der Waals surface area (Å²) in [5.74, 6) is -0.825. The Morgan fingerprint density at radius 3 is 1.42 bits per heavy atom. The molecule has 0 aliphatic carbocycles. The van der Waals surface area contributed by atoms with Gasteiger partial charge >= 0.3 is 0 Å². The van der Waals surface area contributed by atoms with Gasteiger partial charge in [0.25, 0.3) is 0 Å². The van der Waals surface area contributed by atoms with Crippen LogP contribution in [-0.4, -0.2) is 35.4 Å². The SMILES string of the molecule is CC.Oc1ccc(-c2nc(-c3ccc(F)cc3)nc(-c3ccc(O)cc3O)n2)c(O)c1. The average Bonchev–Trinajstić information content (AvgIpc) is 2.75. The highest BCUT2D eigenvalue weighted by Crippen LogP contribution is 2.35. The molecule has 4 N–H and O–H groups in total. The minimum absolute atomic E-state index is 0.0827. The molecule has 0 radical (unpaired) electrons. The Morgan fingerprint density at radius 2 is 1.00 bits per heavy atom. The number of hydrogen-bond acceptors (Lipinski definition) is 7. The lowest BCUT2D eigenvalue weighted by molar-refractivity contribution is 0.451. The van der Waals surface area contributed by atoms with Crippen molar-refractivity contribution in [3.63, 3.8) is 0 Å². The second kappa shape index (κ2) is 9.08. The summed E-state index contributed by atoms with van der Waals surface area (Å²) in [5.41, 5.74) is 0.953. The minimum atomic E-state index is -0.421. The standard InChI is InChI=1S/C21H14FN3O4.C2H6/c22-12-3-1-11(2-4-12)19-23-20(15-7-5-13(26)9-17(15)28)25-21(24-19)16-8-6-14(27)10-18(16)29;1-2/h1-10,26-29H;1-2H3. The Bertz CT molecular complexity index is 1140. The Hall–Kier alpha value is -4.20. The summed E-state index contributed by atoms with van der Waals surface area (Å²) in [7, 11) is 0. The fourth-order valence-corrected chi connectivity index (χ4v) is 2.76. The monoisotopic (exact) mass is 421 g/mol. The molecule has 0 saturated carbocycles. The predicted octanol–water partition coefficient (Wildman–Crippen LogP) is 4.86. The third kappa shape index (κ3) is 4.69. The van der Waals surface area contributed by atoms with Gasteiger partial charge in [-0.1, -0.05) is 13.8 Å². The van der Waals surface area contributed by atoms with Crippen molar-refractivity contribution in [2.24, 2.45) is 0 Å². The van der Waals surface area contributed by atoms with Crippen molar-refractivity contribution in [1.29, 1.82) is 0 Å². The van der Waals surface area contributed by atoms with Gasteiger partial charge in [0, 0.05) is 17.7 Å². The molecule has 4 aromatic rings. The first-order chi connectivity index (χ1) is 14.9. The number of phenolic OH excluding ortho intramolecular Hbond substituents is 4. The minimum Gasteiger partial charge on any atom is -0.508 e. The maximum atomic E-state index is 13.3. The Kier molecular flexibility index (Phi) is 6.30. The zero-order valence-electron chi connectivity index (χ0n) is 16.8. The molecule has 7 nitrogen and oxygen atoms in total. The van der Waals surface area contributed by atoms with E-state index in [1.54, 1.807) is 0 Å². The van der Waals surface area contributed by atoms with Crippen molar-refractivity contribution in [1.82, 2.24) is 15.0 Å². The summed E-state index contributed by atoms with van der Waals surface area (Å²) in [4.78, 5) is 13.0.